The Morgan fingerprint density at radius 3 is 2.24 bits per heavy atom. The van der Waals surface area contributed by atoms with E-state index in [0.29, 0.717) is 13.2 Å². The highest BCUT2D eigenvalue weighted by Crippen LogP contribution is 2.26. The average molecular weight is 507 g/mol. The smallest absolute Gasteiger partial charge is 0.161 e. The molecule has 1 unspecified atom stereocenters. The number of hydrogen-bond donors (Lipinski definition) is 2. The van der Waals surface area contributed by atoms with Crippen LogP contribution in [0, 0.1) is 0 Å². The summed E-state index contributed by atoms with van der Waals surface area (Å²) in [7, 11) is 1.98. The number of hydrogen-bond acceptors (Lipinski definition) is 6. The Bertz CT molecular complexity index is 993. The molecule has 1 atom stereocenters. The Hall–Kier alpha value is -3.06. The molecule has 0 aromatic heterocycles. The van der Waals surface area contributed by atoms with E-state index in [4.69, 9.17) is 18.9 Å². The molecule has 37 heavy (non-hydrogen) atoms. The van der Waals surface area contributed by atoms with E-state index in [-0.39, 0.29) is 6.10 Å². The minimum absolute atomic E-state index is 0.124. The molecule has 0 spiro atoms. The molecular formula is C31H42N2O4. The maximum atomic E-state index is 5.93. The fourth-order valence-corrected chi connectivity index (χ4v) is 3.95. The topological polar surface area (TPSA) is 61.0 Å². The fraction of sp³-hybridized carbons (Fsp3) is 0.419. The molecule has 1 aliphatic heterocycles. The second-order valence-electron chi connectivity index (χ2n) is 8.82. The van der Waals surface area contributed by atoms with Gasteiger partial charge in [-0.1, -0.05) is 60.7 Å². The van der Waals surface area contributed by atoms with Gasteiger partial charge in [-0.25, -0.2) is 0 Å². The molecule has 200 valence electrons. The number of ether oxygens (including phenoxy) is 4. The van der Waals surface area contributed by atoms with Gasteiger partial charge in [0.1, 0.15) is 18.5 Å². The van der Waals surface area contributed by atoms with Crippen molar-refractivity contribution in [3.8, 4) is 17.2 Å². The standard InChI is InChI=1S/C18H23NO.C13H19NO3/c1-19-13-7-8-14-20-18-12-6-5-11-17(18)15-16-9-3-2-4-10-16;1-2-15-12-5-3-4-6-13(12)17-10-11-9-14-7-8-16-11/h2-6,9-12,19H,7-8,13-15H2,1H3;3-6,11,14H,2,7-10H2,1H3. The molecule has 0 aliphatic carbocycles. The Balaban J connectivity index is 0.000000208. The molecule has 0 amide bonds. The third-order valence-electron chi connectivity index (χ3n) is 5.87. The molecular weight excluding hydrogens is 464 g/mol. The number of unbranched alkanes of at least 4 members (excludes halogenated alkanes) is 1. The van der Waals surface area contributed by atoms with Crippen LogP contribution in [0.4, 0.5) is 0 Å². The van der Waals surface area contributed by atoms with Gasteiger partial charge in [0, 0.05) is 19.5 Å². The summed E-state index contributed by atoms with van der Waals surface area (Å²) in [5.41, 5.74) is 2.58. The Kier molecular flexibility index (Phi) is 13.4. The first-order valence-electron chi connectivity index (χ1n) is 13.4. The quantitative estimate of drug-likeness (QED) is 0.314. The maximum absolute atomic E-state index is 5.93. The van der Waals surface area contributed by atoms with Gasteiger partial charge in [0.15, 0.2) is 11.5 Å². The van der Waals surface area contributed by atoms with Gasteiger partial charge >= 0.3 is 0 Å². The summed E-state index contributed by atoms with van der Waals surface area (Å²) < 4.78 is 22.7. The fourth-order valence-electron chi connectivity index (χ4n) is 3.95. The van der Waals surface area contributed by atoms with E-state index in [1.54, 1.807) is 0 Å². The summed E-state index contributed by atoms with van der Waals surface area (Å²) in [6.45, 7) is 7.51. The first kappa shape index (κ1) is 28.5. The highest BCUT2D eigenvalue weighted by atomic mass is 16.5. The second kappa shape index (κ2) is 17.4. The zero-order valence-electron chi connectivity index (χ0n) is 22.3. The normalized spacial score (nSPS) is 14.8. The van der Waals surface area contributed by atoms with Crippen molar-refractivity contribution in [1.29, 1.82) is 0 Å². The third kappa shape index (κ3) is 10.8. The number of morpholine rings is 1. The van der Waals surface area contributed by atoms with Crippen molar-refractivity contribution in [3.05, 3.63) is 90.0 Å². The average Bonchev–Trinajstić information content (AvgIpc) is 2.95. The van der Waals surface area contributed by atoms with Gasteiger partial charge in [-0.2, -0.15) is 0 Å². The summed E-state index contributed by atoms with van der Waals surface area (Å²) >= 11 is 0. The van der Waals surface area contributed by atoms with E-state index >= 15 is 0 Å². The van der Waals surface area contributed by atoms with Gasteiger partial charge in [0.2, 0.25) is 0 Å². The van der Waals surface area contributed by atoms with Gasteiger partial charge in [-0.05, 0) is 62.7 Å². The van der Waals surface area contributed by atoms with E-state index in [1.807, 2.05) is 50.4 Å². The van der Waals surface area contributed by atoms with Crippen LogP contribution >= 0.6 is 0 Å². The van der Waals surface area contributed by atoms with Crippen molar-refractivity contribution < 1.29 is 18.9 Å². The second-order valence-corrected chi connectivity index (χ2v) is 8.82. The monoisotopic (exact) mass is 506 g/mol. The van der Waals surface area contributed by atoms with Crippen LogP contribution in [0.15, 0.2) is 78.9 Å². The van der Waals surface area contributed by atoms with Crippen LogP contribution < -0.4 is 24.8 Å². The van der Waals surface area contributed by atoms with Crippen molar-refractivity contribution in [2.45, 2.75) is 32.3 Å². The van der Waals surface area contributed by atoms with E-state index in [0.717, 1.165) is 69.4 Å². The molecule has 2 N–H and O–H groups in total. The summed E-state index contributed by atoms with van der Waals surface area (Å²) in [4.78, 5) is 0. The molecule has 1 heterocycles. The molecule has 3 aromatic carbocycles. The maximum Gasteiger partial charge on any atom is 0.161 e. The molecule has 1 aliphatic rings. The van der Waals surface area contributed by atoms with Gasteiger partial charge in [0.05, 0.1) is 19.8 Å². The Labute approximate surface area is 222 Å². The van der Waals surface area contributed by atoms with Gasteiger partial charge in [0.25, 0.3) is 0 Å². The van der Waals surface area contributed by atoms with Crippen LogP contribution in [0.1, 0.15) is 30.9 Å². The molecule has 4 rings (SSSR count). The Morgan fingerprint density at radius 1 is 0.838 bits per heavy atom. The van der Waals surface area contributed by atoms with Crippen molar-refractivity contribution in [2.24, 2.45) is 0 Å². The molecule has 1 fully saturated rings. The highest BCUT2D eigenvalue weighted by Gasteiger charge is 2.15. The van der Waals surface area contributed by atoms with Crippen LogP contribution in [0.2, 0.25) is 0 Å². The van der Waals surface area contributed by atoms with Crippen molar-refractivity contribution in [3.63, 3.8) is 0 Å². The largest absolute Gasteiger partial charge is 0.493 e. The van der Waals surface area contributed by atoms with Crippen molar-refractivity contribution in [2.75, 3.05) is 53.1 Å². The summed E-state index contributed by atoms with van der Waals surface area (Å²) in [6, 6.07) is 26.6. The van der Waals surface area contributed by atoms with Crippen LogP contribution in [0.5, 0.6) is 17.2 Å². The molecule has 6 nitrogen and oxygen atoms in total. The SMILES string of the molecule is CCOc1ccccc1OCC1CNCCO1.CNCCCCOc1ccccc1Cc1ccccc1. The zero-order valence-corrected chi connectivity index (χ0v) is 22.3. The predicted molar refractivity (Wildman–Crippen MR) is 150 cm³/mol. The molecule has 1 saturated heterocycles. The van der Waals surface area contributed by atoms with Gasteiger partial charge in [-0.15, -0.1) is 0 Å². The predicted octanol–water partition coefficient (Wildman–Crippen LogP) is 5.11. The highest BCUT2D eigenvalue weighted by molar-refractivity contribution is 5.39. The summed E-state index contributed by atoms with van der Waals surface area (Å²) in [5, 5.41) is 6.43. The summed E-state index contributed by atoms with van der Waals surface area (Å²) in [6.07, 6.45) is 3.28. The van der Waals surface area contributed by atoms with E-state index in [2.05, 4.69) is 53.1 Å². The molecule has 0 radical (unpaired) electrons. The van der Waals surface area contributed by atoms with Crippen LogP contribution in [-0.2, 0) is 11.2 Å². The van der Waals surface area contributed by atoms with Crippen LogP contribution in [0.3, 0.4) is 0 Å². The lowest BCUT2D eigenvalue weighted by atomic mass is 10.0. The lowest BCUT2D eigenvalue weighted by Crippen LogP contribution is -2.41. The summed E-state index contributed by atoms with van der Waals surface area (Å²) in [5.74, 6) is 2.59. The number of nitrogens with one attached hydrogen (secondary N) is 2. The first-order valence-corrected chi connectivity index (χ1v) is 13.4. The molecule has 6 heteroatoms. The van der Waals surface area contributed by atoms with E-state index in [1.165, 1.54) is 11.1 Å². The number of rotatable bonds is 13. The zero-order chi connectivity index (χ0) is 26.0. The number of benzene rings is 3. The number of para-hydroxylation sites is 3. The first-order chi connectivity index (χ1) is 18.3. The van der Waals surface area contributed by atoms with Crippen molar-refractivity contribution >= 4 is 0 Å². The third-order valence-corrected chi connectivity index (χ3v) is 5.87. The van der Waals surface area contributed by atoms with E-state index in [9.17, 15) is 0 Å². The lowest BCUT2D eigenvalue weighted by Gasteiger charge is -2.24. The lowest BCUT2D eigenvalue weighted by molar-refractivity contribution is -0.000350. The van der Waals surface area contributed by atoms with Crippen LogP contribution in [-0.4, -0.2) is 59.2 Å². The molecule has 3 aromatic rings. The van der Waals surface area contributed by atoms with Crippen LogP contribution in [0.25, 0.3) is 0 Å². The van der Waals surface area contributed by atoms with Gasteiger partial charge < -0.3 is 29.6 Å². The Morgan fingerprint density at radius 2 is 1.54 bits per heavy atom. The van der Waals surface area contributed by atoms with E-state index < -0.39 is 0 Å². The molecule has 0 saturated carbocycles. The molecule has 0 bridgehead atoms. The van der Waals surface area contributed by atoms with Gasteiger partial charge in [-0.3, -0.25) is 0 Å². The minimum atomic E-state index is 0.124. The minimum Gasteiger partial charge on any atom is -0.493 e. The van der Waals surface area contributed by atoms with Crippen molar-refractivity contribution in [1.82, 2.24) is 10.6 Å².